The van der Waals surface area contributed by atoms with Crippen LogP contribution in [0.3, 0.4) is 0 Å². The molecule has 2 aromatic carbocycles. The van der Waals surface area contributed by atoms with Crippen LogP contribution in [0, 0.1) is 0 Å². The van der Waals surface area contributed by atoms with Gasteiger partial charge < -0.3 is 10.8 Å². The molecule has 18 heavy (non-hydrogen) atoms. The summed E-state index contributed by atoms with van der Waals surface area (Å²) < 4.78 is 37.8. The molecule has 0 spiro atoms. The lowest BCUT2D eigenvalue weighted by molar-refractivity contribution is -0.149. The van der Waals surface area contributed by atoms with E-state index >= 15 is 0 Å². The van der Waals surface area contributed by atoms with Crippen molar-refractivity contribution in [1.82, 2.24) is 0 Å². The molecule has 3 N–H and O–H groups in total. The van der Waals surface area contributed by atoms with E-state index in [1.807, 2.05) is 0 Å². The van der Waals surface area contributed by atoms with Crippen LogP contribution in [0.15, 0.2) is 36.4 Å². The van der Waals surface area contributed by atoms with Gasteiger partial charge in [0.1, 0.15) is 11.8 Å². The summed E-state index contributed by atoms with van der Waals surface area (Å²) in [4.78, 5) is 0. The fraction of sp³-hybridized carbons (Fsp3) is 0.167. The fourth-order valence-corrected chi connectivity index (χ4v) is 1.77. The Morgan fingerprint density at radius 2 is 1.67 bits per heavy atom. The molecule has 0 aliphatic heterocycles. The molecule has 0 aromatic heterocycles. The maximum atomic E-state index is 12.6. The highest BCUT2D eigenvalue weighted by molar-refractivity contribution is 5.88. The first kappa shape index (κ1) is 14.6. The zero-order chi connectivity index (χ0) is 12.6. The molecule has 6 heteroatoms. The number of alkyl halides is 3. The molecule has 0 unspecified atom stereocenters. The van der Waals surface area contributed by atoms with E-state index in [9.17, 15) is 18.3 Å². The Labute approximate surface area is 108 Å². The molecule has 2 aromatic rings. The van der Waals surface area contributed by atoms with E-state index in [1.165, 1.54) is 12.1 Å². The van der Waals surface area contributed by atoms with Crippen molar-refractivity contribution in [3.63, 3.8) is 0 Å². The Morgan fingerprint density at radius 1 is 1.06 bits per heavy atom. The number of benzene rings is 2. The van der Waals surface area contributed by atoms with Crippen LogP contribution in [-0.2, 0) is 0 Å². The van der Waals surface area contributed by atoms with Crippen LogP contribution >= 0.6 is 12.4 Å². The van der Waals surface area contributed by atoms with Gasteiger partial charge in [0.15, 0.2) is 0 Å². The molecule has 1 atom stereocenters. The second-order valence-electron chi connectivity index (χ2n) is 3.74. The minimum atomic E-state index is -4.58. The highest BCUT2D eigenvalue weighted by atomic mass is 35.5. The first-order chi connectivity index (χ1) is 7.91. The van der Waals surface area contributed by atoms with Gasteiger partial charge in [0, 0.05) is 5.56 Å². The lowest BCUT2D eigenvalue weighted by Crippen LogP contribution is -2.28. The van der Waals surface area contributed by atoms with Crippen LogP contribution in [0.4, 0.5) is 13.2 Å². The summed E-state index contributed by atoms with van der Waals surface area (Å²) in [5.41, 5.74) is 4.87. The molecular weight excluding hydrogens is 267 g/mol. The van der Waals surface area contributed by atoms with Crippen LogP contribution in [0.2, 0.25) is 0 Å². The molecule has 0 aliphatic carbocycles. The average Bonchev–Trinajstić information content (AvgIpc) is 2.27. The van der Waals surface area contributed by atoms with Crippen molar-refractivity contribution in [1.29, 1.82) is 0 Å². The monoisotopic (exact) mass is 277 g/mol. The van der Waals surface area contributed by atoms with Gasteiger partial charge in [-0.25, -0.2) is 0 Å². The highest BCUT2D eigenvalue weighted by Crippen LogP contribution is 2.39. The van der Waals surface area contributed by atoms with Crippen molar-refractivity contribution in [2.75, 3.05) is 0 Å². The molecule has 0 aliphatic rings. The smallest absolute Gasteiger partial charge is 0.407 e. The third-order valence-electron chi connectivity index (χ3n) is 2.61. The van der Waals surface area contributed by atoms with Gasteiger partial charge >= 0.3 is 6.18 Å². The van der Waals surface area contributed by atoms with Crippen LogP contribution < -0.4 is 5.73 Å². The molecule has 0 bridgehead atoms. The lowest BCUT2D eigenvalue weighted by Gasteiger charge is -2.19. The lowest BCUT2D eigenvalue weighted by atomic mass is 9.98. The molecule has 2 nitrogen and oxygen atoms in total. The summed E-state index contributed by atoms with van der Waals surface area (Å²) >= 11 is 0. The maximum Gasteiger partial charge on any atom is 0.407 e. The number of rotatable bonds is 1. The van der Waals surface area contributed by atoms with E-state index in [1.54, 1.807) is 24.3 Å². The van der Waals surface area contributed by atoms with E-state index in [-0.39, 0.29) is 18.0 Å². The summed E-state index contributed by atoms with van der Waals surface area (Å²) in [5, 5.41) is 10.5. The quantitative estimate of drug-likeness (QED) is 0.838. The molecule has 0 radical (unpaired) electrons. The van der Waals surface area contributed by atoms with Crippen LogP contribution in [0.5, 0.6) is 5.75 Å². The van der Waals surface area contributed by atoms with Crippen LogP contribution in [0.25, 0.3) is 10.8 Å². The second-order valence-corrected chi connectivity index (χ2v) is 3.74. The summed E-state index contributed by atoms with van der Waals surface area (Å²) in [5.74, 6) is -0.437. The number of aromatic hydroxyl groups is 1. The number of halogens is 4. The molecule has 98 valence electrons. The summed E-state index contributed by atoms with van der Waals surface area (Å²) in [7, 11) is 0. The van der Waals surface area contributed by atoms with E-state index in [2.05, 4.69) is 0 Å². The normalized spacial score (nSPS) is 13.1. The molecule has 0 saturated carbocycles. The number of phenols is 1. The van der Waals surface area contributed by atoms with Gasteiger partial charge in [0.2, 0.25) is 0 Å². The third kappa shape index (κ3) is 2.52. The number of hydrogen-bond donors (Lipinski definition) is 2. The Morgan fingerprint density at radius 3 is 2.28 bits per heavy atom. The van der Waals surface area contributed by atoms with Crippen molar-refractivity contribution in [2.24, 2.45) is 5.73 Å². The summed E-state index contributed by atoms with van der Waals surface area (Å²) in [6, 6.07) is 7.09. The first-order valence-electron chi connectivity index (χ1n) is 4.94. The largest absolute Gasteiger partial charge is 0.508 e. The SMILES string of the molecule is Cl.N[C@H](c1c(O)ccc2ccccc12)C(F)(F)F. The molecule has 0 amide bonds. The topological polar surface area (TPSA) is 46.2 Å². The Balaban J connectivity index is 0.00000162. The van der Waals surface area contributed by atoms with Crippen molar-refractivity contribution < 1.29 is 18.3 Å². The third-order valence-corrected chi connectivity index (χ3v) is 2.61. The Bertz CT molecular complexity index is 557. The maximum absolute atomic E-state index is 12.6. The van der Waals surface area contributed by atoms with Crippen molar-refractivity contribution >= 4 is 23.2 Å². The highest BCUT2D eigenvalue weighted by Gasteiger charge is 2.40. The van der Waals surface area contributed by atoms with E-state index in [4.69, 9.17) is 5.73 Å². The minimum absolute atomic E-state index is 0. The van der Waals surface area contributed by atoms with Crippen LogP contribution in [0.1, 0.15) is 11.6 Å². The Hall–Kier alpha value is -1.46. The predicted octanol–water partition coefficient (Wildman–Crippen LogP) is 3.53. The van der Waals surface area contributed by atoms with Crippen molar-refractivity contribution in [3.8, 4) is 5.75 Å². The van der Waals surface area contributed by atoms with E-state index < -0.39 is 18.0 Å². The summed E-state index contributed by atoms with van der Waals surface area (Å²) in [6.07, 6.45) is -4.58. The minimum Gasteiger partial charge on any atom is -0.508 e. The van der Waals surface area contributed by atoms with Crippen LogP contribution in [-0.4, -0.2) is 11.3 Å². The number of phenolic OH excluding ortho intramolecular Hbond substituents is 1. The average molecular weight is 278 g/mol. The Kier molecular flexibility index (Phi) is 4.09. The number of fused-ring (bicyclic) bond motifs is 1. The first-order valence-corrected chi connectivity index (χ1v) is 4.94. The fourth-order valence-electron chi connectivity index (χ4n) is 1.77. The van der Waals surface area contributed by atoms with Crippen molar-refractivity contribution in [2.45, 2.75) is 12.2 Å². The standard InChI is InChI=1S/C12H10F3NO.ClH/c13-12(14,15)11(16)10-8-4-2-1-3-7(8)5-6-9(10)17;/h1-6,11,17H,16H2;1H/t11-;/m1./s1. The number of hydrogen-bond acceptors (Lipinski definition) is 2. The number of nitrogens with two attached hydrogens (primary N) is 1. The van der Waals surface area contributed by atoms with Gasteiger partial charge in [0.25, 0.3) is 0 Å². The van der Waals surface area contributed by atoms with Crippen molar-refractivity contribution in [3.05, 3.63) is 42.0 Å². The van der Waals surface area contributed by atoms with Gasteiger partial charge in [-0.15, -0.1) is 12.4 Å². The van der Waals surface area contributed by atoms with Gasteiger partial charge in [0.05, 0.1) is 0 Å². The molecule has 0 fully saturated rings. The second kappa shape index (κ2) is 5.04. The van der Waals surface area contributed by atoms with E-state index in [0.717, 1.165) is 0 Å². The van der Waals surface area contributed by atoms with Gasteiger partial charge in [-0.1, -0.05) is 30.3 Å². The zero-order valence-electron chi connectivity index (χ0n) is 9.11. The molecule has 0 saturated heterocycles. The van der Waals surface area contributed by atoms with Gasteiger partial charge in [-0.2, -0.15) is 13.2 Å². The molecular formula is C12H11ClF3NO. The van der Waals surface area contributed by atoms with E-state index in [0.29, 0.717) is 10.8 Å². The summed E-state index contributed by atoms with van der Waals surface area (Å²) in [6.45, 7) is 0. The van der Waals surface area contributed by atoms with Gasteiger partial charge in [-0.3, -0.25) is 0 Å². The molecule has 2 rings (SSSR count). The predicted molar refractivity (Wildman–Crippen MR) is 65.8 cm³/mol. The van der Waals surface area contributed by atoms with Gasteiger partial charge in [-0.05, 0) is 16.8 Å². The zero-order valence-corrected chi connectivity index (χ0v) is 9.92. The molecule has 0 heterocycles.